The molecule has 0 bridgehead atoms. The molecule has 0 saturated carbocycles. The standard InChI is InChI=1S/C18H33N3O3/c1-4-24-18(23)19-16(14(2)3)17(22)21-11-7-15(8-12-21)13-20-9-5-6-10-20/h14-16H,4-13H2,1-3H3,(H,19,23)/t16-/m0/s1. The Kier molecular flexibility index (Phi) is 7.34. The quantitative estimate of drug-likeness (QED) is 0.805. The van der Waals surface area contributed by atoms with Gasteiger partial charge < -0.3 is 19.9 Å². The van der Waals surface area contributed by atoms with Crippen LogP contribution >= 0.6 is 0 Å². The minimum Gasteiger partial charge on any atom is -0.450 e. The predicted molar refractivity (Wildman–Crippen MR) is 93.8 cm³/mol. The molecule has 2 rings (SSSR count). The minimum atomic E-state index is -0.506. The Morgan fingerprint density at radius 2 is 1.75 bits per heavy atom. The molecular formula is C18H33N3O3. The van der Waals surface area contributed by atoms with Gasteiger partial charge in [0.05, 0.1) is 6.61 Å². The molecule has 24 heavy (non-hydrogen) atoms. The lowest BCUT2D eigenvalue weighted by atomic mass is 9.94. The number of piperidine rings is 1. The van der Waals surface area contributed by atoms with Crippen LogP contribution in [0.3, 0.4) is 0 Å². The topological polar surface area (TPSA) is 61.9 Å². The minimum absolute atomic E-state index is 0.0256. The molecule has 1 N–H and O–H groups in total. The third kappa shape index (κ3) is 5.36. The van der Waals surface area contributed by atoms with E-state index in [9.17, 15) is 9.59 Å². The van der Waals surface area contributed by atoms with E-state index in [1.165, 1.54) is 32.5 Å². The molecule has 0 unspecified atom stereocenters. The van der Waals surface area contributed by atoms with Crippen molar-refractivity contribution in [1.29, 1.82) is 0 Å². The Balaban J connectivity index is 1.81. The van der Waals surface area contributed by atoms with Crippen molar-refractivity contribution in [2.24, 2.45) is 11.8 Å². The molecule has 2 fully saturated rings. The van der Waals surface area contributed by atoms with Gasteiger partial charge in [-0.05, 0) is 57.5 Å². The summed E-state index contributed by atoms with van der Waals surface area (Å²) < 4.78 is 4.93. The van der Waals surface area contributed by atoms with Gasteiger partial charge in [0.25, 0.3) is 0 Å². The van der Waals surface area contributed by atoms with Crippen LogP contribution in [0.2, 0.25) is 0 Å². The maximum atomic E-state index is 12.8. The molecule has 0 radical (unpaired) electrons. The number of ether oxygens (including phenoxy) is 1. The van der Waals surface area contributed by atoms with Crippen LogP contribution in [0.4, 0.5) is 4.79 Å². The second kappa shape index (κ2) is 9.25. The van der Waals surface area contributed by atoms with Gasteiger partial charge in [0.2, 0.25) is 5.91 Å². The number of carbonyl (C=O) groups is 2. The van der Waals surface area contributed by atoms with Gasteiger partial charge >= 0.3 is 6.09 Å². The van der Waals surface area contributed by atoms with Crippen LogP contribution in [-0.4, -0.2) is 67.2 Å². The van der Waals surface area contributed by atoms with E-state index in [-0.39, 0.29) is 11.8 Å². The Hall–Kier alpha value is -1.30. The molecule has 138 valence electrons. The van der Waals surface area contributed by atoms with Crippen LogP contribution in [-0.2, 0) is 9.53 Å². The molecule has 6 nitrogen and oxygen atoms in total. The fourth-order valence-corrected chi connectivity index (χ4v) is 3.68. The summed E-state index contributed by atoms with van der Waals surface area (Å²) in [6, 6.07) is -0.501. The summed E-state index contributed by atoms with van der Waals surface area (Å²) in [5.74, 6) is 0.768. The number of nitrogens with zero attached hydrogens (tertiary/aromatic N) is 2. The lowest BCUT2D eigenvalue weighted by molar-refractivity contribution is -0.135. The molecule has 2 amide bonds. The van der Waals surface area contributed by atoms with Crippen molar-refractivity contribution in [2.45, 2.75) is 52.5 Å². The van der Waals surface area contributed by atoms with Crippen LogP contribution in [0, 0.1) is 11.8 Å². The van der Waals surface area contributed by atoms with E-state index in [0.29, 0.717) is 12.5 Å². The number of rotatable bonds is 6. The highest BCUT2D eigenvalue weighted by atomic mass is 16.5. The third-order valence-corrected chi connectivity index (χ3v) is 5.12. The van der Waals surface area contributed by atoms with E-state index in [1.807, 2.05) is 18.7 Å². The average molecular weight is 339 g/mol. The molecule has 2 saturated heterocycles. The van der Waals surface area contributed by atoms with Crippen molar-refractivity contribution >= 4 is 12.0 Å². The van der Waals surface area contributed by atoms with Gasteiger partial charge in [-0.25, -0.2) is 4.79 Å². The Bertz CT molecular complexity index is 414. The molecule has 2 heterocycles. The van der Waals surface area contributed by atoms with Gasteiger partial charge in [-0.15, -0.1) is 0 Å². The number of carbonyl (C=O) groups excluding carboxylic acids is 2. The van der Waals surface area contributed by atoms with Crippen molar-refractivity contribution < 1.29 is 14.3 Å². The second-order valence-corrected chi connectivity index (χ2v) is 7.36. The number of nitrogens with one attached hydrogen (secondary N) is 1. The van der Waals surface area contributed by atoms with Crippen molar-refractivity contribution in [1.82, 2.24) is 15.1 Å². The van der Waals surface area contributed by atoms with Crippen molar-refractivity contribution in [3.05, 3.63) is 0 Å². The number of likely N-dealkylation sites (tertiary alicyclic amines) is 2. The molecule has 1 atom stereocenters. The Morgan fingerprint density at radius 1 is 1.12 bits per heavy atom. The summed E-state index contributed by atoms with van der Waals surface area (Å²) in [4.78, 5) is 28.9. The lowest BCUT2D eigenvalue weighted by Crippen LogP contribution is -2.53. The van der Waals surface area contributed by atoms with Gasteiger partial charge in [-0.1, -0.05) is 13.8 Å². The zero-order chi connectivity index (χ0) is 17.5. The summed E-state index contributed by atoms with van der Waals surface area (Å²) >= 11 is 0. The SMILES string of the molecule is CCOC(=O)N[C@H](C(=O)N1CCC(CN2CCCC2)CC1)C(C)C. The largest absolute Gasteiger partial charge is 0.450 e. The second-order valence-electron chi connectivity index (χ2n) is 7.36. The predicted octanol–water partition coefficient (Wildman–Crippen LogP) is 2.09. The highest BCUT2D eigenvalue weighted by Crippen LogP contribution is 2.22. The highest BCUT2D eigenvalue weighted by molar-refractivity contribution is 5.86. The van der Waals surface area contributed by atoms with Gasteiger partial charge in [0, 0.05) is 19.6 Å². The number of hydrogen-bond donors (Lipinski definition) is 1. The van der Waals surface area contributed by atoms with E-state index < -0.39 is 12.1 Å². The fourth-order valence-electron chi connectivity index (χ4n) is 3.68. The summed E-state index contributed by atoms with van der Waals surface area (Å²) in [5, 5.41) is 2.72. The monoisotopic (exact) mass is 339 g/mol. The lowest BCUT2D eigenvalue weighted by Gasteiger charge is -2.36. The first-order chi connectivity index (χ1) is 11.5. The van der Waals surface area contributed by atoms with Crippen LogP contribution in [0.25, 0.3) is 0 Å². The Morgan fingerprint density at radius 3 is 2.29 bits per heavy atom. The van der Waals surface area contributed by atoms with Gasteiger partial charge in [0.1, 0.15) is 6.04 Å². The molecule has 0 spiro atoms. The zero-order valence-electron chi connectivity index (χ0n) is 15.4. The van der Waals surface area contributed by atoms with E-state index in [1.54, 1.807) is 6.92 Å². The molecule has 0 aromatic heterocycles. The van der Waals surface area contributed by atoms with Gasteiger partial charge in [-0.3, -0.25) is 4.79 Å². The molecule has 2 aliphatic rings. The van der Waals surface area contributed by atoms with Crippen LogP contribution < -0.4 is 5.32 Å². The maximum absolute atomic E-state index is 12.8. The maximum Gasteiger partial charge on any atom is 0.407 e. The molecule has 2 aliphatic heterocycles. The molecule has 6 heteroatoms. The van der Waals surface area contributed by atoms with Crippen molar-refractivity contribution in [3.63, 3.8) is 0 Å². The zero-order valence-corrected chi connectivity index (χ0v) is 15.4. The van der Waals surface area contributed by atoms with Gasteiger partial charge in [0.15, 0.2) is 0 Å². The van der Waals surface area contributed by atoms with Crippen molar-refractivity contribution in [2.75, 3.05) is 39.3 Å². The van der Waals surface area contributed by atoms with Crippen molar-refractivity contribution in [3.8, 4) is 0 Å². The van der Waals surface area contributed by atoms with E-state index in [0.717, 1.165) is 25.9 Å². The molecular weight excluding hydrogens is 306 g/mol. The first-order valence-corrected chi connectivity index (χ1v) is 9.45. The number of hydrogen-bond acceptors (Lipinski definition) is 4. The summed E-state index contributed by atoms with van der Waals surface area (Å²) in [7, 11) is 0. The first-order valence-electron chi connectivity index (χ1n) is 9.45. The summed E-state index contributed by atoms with van der Waals surface area (Å²) in [6.45, 7) is 11.2. The van der Waals surface area contributed by atoms with E-state index >= 15 is 0 Å². The highest BCUT2D eigenvalue weighted by Gasteiger charge is 2.32. The van der Waals surface area contributed by atoms with Crippen LogP contribution in [0.5, 0.6) is 0 Å². The summed E-state index contributed by atoms with van der Waals surface area (Å²) in [5.41, 5.74) is 0. The smallest absolute Gasteiger partial charge is 0.407 e. The Labute approximate surface area is 145 Å². The molecule has 0 aromatic carbocycles. The third-order valence-electron chi connectivity index (χ3n) is 5.12. The fraction of sp³-hybridized carbons (Fsp3) is 0.889. The average Bonchev–Trinajstić information content (AvgIpc) is 3.06. The molecule has 0 aliphatic carbocycles. The number of amides is 2. The summed E-state index contributed by atoms with van der Waals surface area (Å²) in [6.07, 6.45) is 4.27. The first kappa shape index (κ1) is 19.0. The molecule has 0 aromatic rings. The van der Waals surface area contributed by atoms with E-state index in [2.05, 4.69) is 10.2 Å². The van der Waals surface area contributed by atoms with Crippen LogP contribution in [0.15, 0.2) is 0 Å². The van der Waals surface area contributed by atoms with E-state index in [4.69, 9.17) is 4.74 Å². The van der Waals surface area contributed by atoms with Crippen LogP contribution in [0.1, 0.15) is 46.5 Å². The number of alkyl carbamates (subject to hydrolysis) is 1. The normalized spacial score (nSPS) is 21.1. The van der Waals surface area contributed by atoms with Gasteiger partial charge in [-0.2, -0.15) is 0 Å².